The Bertz CT molecular complexity index is 261. The minimum atomic E-state index is -0.497. The van der Waals surface area contributed by atoms with E-state index in [1.807, 2.05) is 20.8 Å². The van der Waals surface area contributed by atoms with Crippen LogP contribution in [-0.4, -0.2) is 24.2 Å². The molecule has 1 rings (SSSR count). The van der Waals surface area contributed by atoms with Gasteiger partial charge in [0, 0.05) is 0 Å². The summed E-state index contributed by atoms with van der Waals surface area (Å²) in [5.74, 6) is 0.467. The van der Waals surface area contributed by atoms with Crippen molar-refractivity contribution >= 4 is 5.97 Å². The van der Waals surface area contributed by atoms with Crippen molar-refractivity contribution in [2.45, 2.75) is 58.1 Å². The summed E-state index contributed by atoms with van der Waals surface area (Å²) in [6, 6.07) is -0.497. The molecule has 100 valence electrons. The lowest BCUT2D eigenvalue weighted by molar-refractivity contribution is -0.158. The van der Waals surface area contributed by atoms with Crippen LogP contribution in [0.1, 0.15) is 46.5 Å². The standard InChI is InChI=1S/C13H26N2O2/c1-13(2,3)17-12(16)11(15)10-6-4-5-9(7-10)8-14/h9-11H,4-8,14-15H2,1-3H3. The van der Waals surface area contributed by atoms with Gasteiger partial charge in [0.15, 0.2) is 0 Å². The molecule has 0 heterocycles. The highest BCUT2D eigenvalue weighted by Gasteiger charge is 2.32. The van der Waals surface area contributed by atoms with Crippen LogP contribution < -0.4 is 11.5 Å². The second-order valence-corrected chi connectivity index (χ2v) is 6.09. The number of carbonyl (C=O) groups is 1. The lowest BCUT2D eigenvalue weighted by atomic mass is 9.78. The predicted octanol–water partition coefficient (Wildman–Crippen LogP) is 1.42. The molecule has 4 nitrogen and oxygen atoms in total. The zero-order chi connectivity index (χ0) is 13.1. The maximum Gasteiger partial charge on any atom is 0.323 e. The van der Waals surface area contributed by atoms with Gasteiger partial charge in [-0.2, -0.15) is 0 Å². The number of esters is 1. The zero-order valence-electron chi connectivity index (χ0n) is 11.2. The molecule has 1 fully saturated rings. The van der Waals surface area contributed by atoms with E-state index in [0.29, 0.717) is 12.5 Å². The van der Waals surface area contributed by atoms with Crippen LogP contribution in [0.2, 0.25) is 0 Å². The molecule has 0 spiro atoms. The van der Waals surface area contributed by atoms with Crippen LogP contribution in [0, 0.1) is 11.8 Å². The first-order valence-electron chi connectivity index (χ1n) is 6.52. The number of ether oxygens (including phenoxy) is 1. The fraction of sp³-hybridized carbons (Fsp3) is 0.923. The van der Waals surface area contributed by atoms with Gasteiger partial charge in [0.2, 0.25) is 0 Å². The van der Waals surface area contributed by atoms with Crippen molar-refractivity contribution in [2.24, 2.45) is 23.3 Å². The molecule has 0 aromatic heterocycles. The van der Waals surface area contributed by atoms with Gasteiger partial charge in [-0.15, -0.1) is 0 Å². The summed E-state index contributed by atoms with van der Waals surface area (Å²) in [5.41, 5.74) is 11.2. The van der Waals surface area contributed by atoms with Crippen LogP contribution >= 0.6 is 0 Å². The highest BCUT2D eigenvalue weighted by atomic mass is 16.6. The van der Waals surface area contributed by atoms with Gasteiger partial charge in [0.1, 0.15) is 11.6 Å². The number of hydrogen-bond acceptors (Lipinski definition) is 4. The second kappa shape index (κ2) is 5.83. The molecule has 0 bridgehead atoms. The lowest BCUT2D eigenvalue weighted by Gasteiger charge is -2.32. The fourth-order valence-electron chi connectivity index (χ4n) is 2.44. The van der Waals surface area contributed by atoms with Gasteiger partial charge >= 0.3 is 5.97 Å². The lowest BCUT2D eigenvalue weighted by Crippen LogP contribution is -2.44. The van der Waals surface area contributed by atoms with Crippen LogP contribution in [-0.2, 0) is 9.53 Å². The van der Waals surface area contributed by atoms with Gasteiger partial charge in [-0.3, -0.25) is 4.79 Å². The van der Waals surface area contributed by atoms with E-state index in [2.05, 4.69) is 0 Å². The quantitative estimate of drug-likeness (QED) is 0.734. The Balaban J connectivity index is 2.51. The third kappa shape index (κ3) is 4.64. The predicted molar refractivity (Wildman–Crippen MR) is 68.3 cm³/mol. The van der Waals surface area contributed by atoms with Gasteiger partial charge in [-0.25, -0.2) is 0 Å². The molecule has 0 radical (unpaired) electrons. The Hall–Kier alpha value is -0.610. The molecule has 0 aromatic rings. The molecular weight excluding hydrogens is 216 g/mol. The number of carbonyl (C=O) groups excluding carboxylic acids is 1. The topological polar surface area (TPSA) is 78.3 Å². The Kier molecular flexibility index (Phi) is 4.95. The molecular formula is C13H26N2O2. The first-order valence-corrected chi connectivity index (χ1v) is 6.52. The largest absolute Gasteiger partial charge is 0.459 e. The van der Waals surface area contributed by atoms with E-state index in [1.165, 1.54) is 0 Å². The van der Waals surface area contributed by atoms with Crippen LogP contribution in [0.3, 0.4) is 0 Å². The average Bonchev–Trinajstić information content (AvgIpc) is 2.26. The molecule has 4 heteroatoms. The molecule has 1 saturated carbocycles. The van der Waals surface area contributed by atoms with Crippen molar-refractivity contribution < 1.29 is 9.53 Å². The SMILES string of the molecule is CC(C)(C)OC(=O)C(N)C1CCCC(CN)C1. The molecule has 4 N–H and O–H groups in total. The molecule has 0 aliphatic heterocycles. The van der Waals surface area contributed by atoms with Crippen LogP contribution in [0.15, 0.2) is 0 Å². The van der Waals surface area contributed by atoms with E-state index in [9.17, 15) is 4.79 Å². The molecule has 0 saturated heterocycles. The highest BCUT2D eigenvalue weighted by Crippen LogP contribution is 2.30. The molecule has 3 unspecified atom stereocenters. The second-order valence-electron chi connectivity index (χ2n) is 6.09. The Morgan fingerprint density at radius 1 is 1.41 bits per heavy atom. The van der Waals surface area contributed by atoms with Crippen molar-refractivity contribution in [2.75, 3.05) is 6.54 Å². The molecule has 1 aliphatic carbocycles. The third-order valence-corrected chi connectivity index (χ3v) is 3.34. The van der Waals surface area contributed by atoms with Gasteiger partial charge < -0.3 is 16.2 Å². The Morgan fingerprint density at radius 3 is 2.59 bits per heavy atom. The van der Waals surface area contributed by atoms with E-state index in [0.717, 1.165) is 25.7 Å². The van der Waals surface area contributed by atoms with Crippen LogP contribution in [0.5, 0.6) is 0 Å². The summed E-state index contributed by atoms with van der Waals surface area (Å²) in [5, 5.41) is 0. The summed E-state index contributed by atoms with van der Waals surface area (Å²) in [7, 11) is 0. The summed E-state index contributed by atoms with van der Waals surface area (Å²) in [6.07, 6.45) is 4.24. The fourth-order valence-corrected chi connectivity index (χ4v) is 2.44. The van der Waals surface area contributed by atoms with Gasteiger partial charge in [-0.1, -0.05) is 6.42 Å². The van der Waals surface area contributed by atoms with Gasteiger partial charge in [0.25, 0.3) is 0 Å². The van der Waals surface area contributed by atoms with Crippen molar-refractivity contribution in [3.05, 3.63) is 0 Å². The molecule has 1 aliphatic rings. The van der Waals surface area contributed by atoms with Crippen LogP contribution in [0.4, 0.5) is 0 Å². The van der Waals surface area contributed by atoms with E-state index in [1.54, 1.807) is 0 Å². The minimum absolute atomic E-state index is 0.229. The van der Waals surface area contributed by atoms with E-state index in [4.69, 9.17) is 16.2 Å². The molecule has 3 atom stereocenters. The first kappa shape index (κ1) is 14.5. The Morgan fingerprint density at radius 2 is 2.06 bits per heavy atom. The summed E-state index contributed by atoms with van der Waals surface area (Å²) < 4.78 is 5.33. The number of nitrogens with two attached hydrogens (primary N) is 2. The average molecular weight is 242 g/mol. The van der Waals surface area contributed by atoms with E-state index in [-0.39, 0.29) is 11.9 Å². The third-order valence-electron chi connectivity index (χ3n) is 3.34. The van der Waals surface area contributed by atoms with Gasteiger partial charge in [0.05, 0.1) is 0 Å². The minimum Gasteiger partial charge on any atom is -0.459 e. The van der Waals surface area contributed by atoms with Crippen molar-refractivity contribution in [1.29, 1.82) is 0 Å². The Labute approximate surface area is 104 Å². The number of hydrogen-bond donors (Lipinski definition) is 2. The summed E-state index contributed by atoms with van der Waals surface area (Å²) >= 11 is 0. The smallest absolute Gasteiger partial charge is 0.323 e. The van der Waals surface area contributed by atoms with Crippen molar-refractivity contribution in [1.82, 2.24) is 0 Å². The highest BCUT2D eigenvalue weighted by molar-refractivity contribution is 5.76. The maximum atomic E-state index is 11.9. The van der Waals surface area contributed by atoms with E-state index < -0.39 is 11.6 Å². The normalized spacial score (nSPS) is 27.6. The van der Waals surface area contributed by atoms with Crippen molar-refractivity contribution in [3.8, 4) is 0 Å². The van der Waals surface area contributed by atoms with Crippen molar-refractivity contribution in [3.63, 3.8) is 0 Å². The summed E-state index contributed by atoms with van der Waals surface area (Å²) in [6.45, 7) is 6.28. The first-order chi connectivity index (χ1) is 7.83. The maximum absolute atomic E-state index is 11.9. The molecule has 0 aromatic carbocycles. The monoisotopic (exact) mass is 242 g/mol. The molecule has 0 amide bonds. The van der Waals surface area contributed by atoms with Gasteiger partial charge in [-0.05, 0) is 58.4 Å². The number of rotatable bonds is 3. The van der Waals surface area contributed by atoms with E-state index >= 15 is 0 Å². The van der Waals surface area contributed by atoms with Crippen LogP contribution in [0.25, 0.3) is 0 Å². The zero-order valence-corrected chi connectivity index (χ0v) is 11.2. The molecule has 17 heavy (non-hydrogen) atoms. The summed E-state index contributed by atoms with van der Waals surface area (Å²) in [4.78, 5) is 11.9.